The highest BCUT2D eigenvalue weighted by atomic mass is 19.4. The number of imidazole rings is 1. The number of H-pyrrole nitrogens is 1. The Labute approximate surface area is 143 Å². The molecule has 11 heteroatoms. The van der Waals surface area contributed by atoms with Gasteiger partial charge < -0.3 is 4.98 Å². The zero-order valence-corrected chi connectivity index (χ0v) is 13.1. The maximum atomic E-state index is 12.9. The van der Waals surface area contributed by atoms with Gasteiger partial charge in [-0.05, 0) is 19.1 Å². The number of nitriles is 1. The van der Waals surface area contributed by atoms with Gasteiger partial charge in [-0.25, -0.2) is 15.0 Å². The number of aromatic nitrogens is 4. The summed E-state index contributed by atoms with van der Waals surface area (Å²) in [4.78, 5) is 24.4. The Bertz CT molecular complexity index is 1050. The summed E-state index contributed by atoms with van der Waals surface area (Å²) < 4.78 is 38.8. The Kier molecular flexibility index (Phi) is 4.03. The summed E-state index contributed by atoms with van der Waals surface area (Å²) in [6, 6.07) is 6.43. The van der Waals surface area contributed by atoms with Crippen LogP contribution >= 0.6 is 0 Å². The summed E-state index contributed by atoms with van der Waals surface area (Å²) in [6.07, 6.45) is -4.68. The minimum atomic E-state index is -4.68. The lowest BCUT2D eigenvalue weighted by atomic mass is 10.1. The van der Waals surface area contributed by atoms with Crippen molar-refractivity contribution in [3.8, 4) is 6.07 Å². The SMILES string of the molecule is Cc1cc(C(F)(F)F)nc(C(C#N)c2nc3ccc([N+](=O)[O-])cc3[nH]2)n1. The average Bonchev–Trinajstić information content (AvgIpc) is 2.96. The second-order valence-corrected chi connectivity index (χ2v) is 5.39. The monoisotopic (exact) mass is 362 g/mol. The van der Waals surface area contributed by atoms with Crippen LogP contribution in [0.4, 0.5) is 18.9 Å². The first kappa shape index (κ1) is 17.3. The van der Waals surface area contributed by atoms with Gasteiger partial charge in [-0.2, -0.15) is 18.4 Å². The van der Waals surface area contributed by atoms with E-state index < -0.39 is 22.7 Å². The minimum absolute atomic E-state index is 0.00159. The number of rotatable bonds is 3. The number of benzene rings is 1. The molecule has 0 amide bonds. The maximum absolute atomic E-state index is 12.9. The molecule has 0 spiro atoms. The van der Waals surface area contributed by atoms with Gasteiger partial charge in [0, 0.05) is 17.8 Å². The second kappa shape index (κ2) is 6.07. The highest BCUT2D eigenvalue weighted by Crippen LogP contribution is 2.30. The third-order valence-electron chi connectivity index (χ3n) is 3.52. The quantitative estimate of drug-likeness (QED) is 0.564. The number of non-ortho nitro benzene ring substituents is 1. The van der Waals surface area contributed by atoms with Crippen LogP contribution in [0.2, 0.25) is 0 Å². The minimum Gasteiger partial charge on any atom is -0.340 e. The van der Waals surface area contributed by atoms with Crippen LogP contribution in [0.15, 0.2) is 24.3 Å². The number of alkyl halides is 3. The van der Waals surface area contributed by atoms with Crippen molar-refractivity contribution in [3.05, 3.63) is 57.4 Å². The summed E-state index contributed by atoms with van der Waals surface area (Å²) >= 11 is 0. The summed E-state index contributed by atoms with van der Waals surface area (Å²) in [6.45, 7) is 1.36. The zero-order chi connectivity index (χ0) is 19.1. The number of nitro groups is 1. The van der Waals surface area contributed by atoms with Crippen LogP contribution in [0.5, 0.6) is 0 Å². The lowest BCUT2D eigenvalue weighted by Gasteiger charge is -2.10. The molecule has 0 saturated heterocycles. The van der Waals surface area contributed by atoms with Gasteiger partial charge in [0.2, 0.25) is 0 Å². The smallest absolute Gasteiger partial charge is 0.340 e. The molecule has 2 aromatic heterocycles. The van der Waals surface area contributed by atoms with Crippen LogP contribution in [0.1, 0.15) is 29.0 Å². The van der Waals surface area contributed by atoms with Crippen molar-refractivity contribution in [1.82, 2.24) is 19.9 Å². The molecular formula is C15H9F3N6O2. The number of hydrogen-bond acceptors (Lipinski definition) is 6. The number of aryl methyl sites for hydroxylation is 1. The first-order valence-electron chi connectivity index (χ1n) is 7.15. The Morgan fingerprint density at radius 2 is 2.00 bits per heavy atom. The number of nitrogens with one attached hydrogen (secondary N) is 1. The molecule has 0 aliphatic carbocycles. The molecule has 8 nitrogen and oxygen atoms in total. The largest absolute Gasteiger partial charge is 0.433 e. The highest BCUT2D eigenvalue weighted by molar-refractivity contribution is 5.78. The molecule has 3 rings (SSSR count). The predicted octanol–water partition coefficient (Wildman–Crippen LogP) is 3.24. The van der Waals surface area contributed by atoms with Crippen molar-refractivity contribution >= 4 is 16.7 Å². The topological polar surface area (TPSA) is 121 Å². The van der Waals surface area contributed by atoms with Crippen molar-refractivity contribution in [1.29, 1.82) is 5.26 Å². The standard InChI is InChI=1S/C15H9F3N6O2/c1-7-4-12(15(16,17)18)23-13(20-7)9(6-19)14-21-10-3-2-8(24(25)26)5-11(10)22-14/h2-5,9H,1H3,(H,21,22). The van der Waals surface area contributed by atoms with E-state index in [9.17, 15) is 28.5 Å². The number of nitro benzene ring substituents is 1. The fraction of sp³-hybridized carbons (Fsp3) is 0.200. The normalized spacial score (nSPS) is 12.7. The molecule has 1 aromatic carbocycles. The van der Waals surface area contributed by atoms with E-state index >= 15 is 0 Å². The summed E-state index contributed by atoms with van der Waals surface area (Å²) in [5, 5.41) is 20.2. The Morgan fingerprint density at radius 3 is 2.62 bits per heavy atom. The zero-order valence-electron chi connectivity index (χ0n) is 13.1. The van der Waals surface area contributed by atoms with Gasteiger partial charge in [0.15, 0.2) is 11.7 Å². The van der Waals surface area contributed by atoms with Gasteiger partial charge in [-0.3, -0.25) is 10.1 Å². The van der Waals surface area contributed by atoms with E-state index in [0.717, 1.165) is 6.07 Å². The molecule has 2 heterocycles. The van der Waals surface area contributed by atoms with E-state index in [4.69, 9.17) is 0 Å². The van der Waals surface area contributed by atoms with E-state index in [2.05, 4.69) is 19.9 Å². The average molecular weight is 362 g/mol. The molecule has 0 saturated carbocycles. The first-order valence-corrected chi connectivity index (χ1v) is 7.15. The fourth-order valence-corrected chi connectivity index (χ4v) is 2.37. The van der Waals surface area contributed by atoms with Gasteiger partial charge >= 0.3 is 6.18 Å². The highest BCUT2D eigenvalue weighted by Gasteiger charge is 2.34. The molecule has 132 valence electrons. The van der Waals surface area contributed by atoms with Gasteiger partial charge in [0.05, 0.1) is 22.0 Å². The van der Waals surface area contributed by atoms with Crippen molar-refractivity contribution in [2.24, 2.45) is 0 Å². The van der Waals surface area contributed by atoms with Crippen LogP contribution in [0.25, 0.3) is 11.0 Å². The first-order chi connectivity index (χ1) is 12.2. The third kappa shape index (κ3) is 3.16. The summed E-state index contributed by atoms with van der Waals surface area (Å²) in [5.74, 6) is -1.64. The van der Waals surface area contributed by atoms with Crippen LogP contribution < -0.4 is 0 Å². The Balaban J connectivity index is 2.10. The van der Waals surface area contributed by atoms with E-state index in [0.29, 0.717) is 5.52 Å². The van der Waals surface area contributed by atoms with E-state index in [-0.39, 0.29) is 28.5 Å². The van der Waals surface area contributed by atoms with Crippen molar-refractivity contribution < 1.29 is 18.1 Å². The van der Waals surface area contributed by atoms with E-state index in [1.54, 1.807) is 0 Å². The van der Waals surface area contributed by atoms with Crippen LogP contribution in [-0.4, -0.2) is 24.9 Å². The van der Waals surface area contributed by atoms with Crippen LogP contribution in [-0.2, 0) is 6.18 Å². The van der Waals surface area contributed by atoms with Crippen LogP contribution in [0, 0.1) is 28.4 Å². The molecule has 1 N–H and O–H groups in total. The molecule has 0 bridgehead atoms. The summed E-state index contributed by atoms with van der Waals surface area (Å²) in [5.41, 5.74) is -0.693. The van der Waals surface area contributed by atoms with Crippen molar-refractivity contribution in [3.63, 3.8) is 0 Å². The molecular weight excluding hydrogens is 353 g/mol. The number of fused-ring (bicyclic) bond motifs is 1. The van der Waals surface area contributed by atoms with Gasteiger partial charge in [-0.1, -0.05) is 0 Å². The number of nitrogens with zero attached hydrogens (tertiary/aromatic N) is 5. The second-order valence-electron chi connectivity index (χ2n) is 5.39. The van der Waals surface area contributed by atoms with Gasteiger partial charge in [-0.15, -0.1) is 0 Å². The number of hydrogen-bond donors (Lipinski definition) is 1. The van der Waals surface area contributed by atoms with Crippen molar-refractivity contribution in [2.75, 3.05) is 0 Å². The lowest BCUT2D eigenvalue weighted by molar-refractivity contribution is -0.384. The third-order valence-corrected chi connectivity index (χ3v) is 3.52. The van der Waals surface area contributed by atoms with Crippen LogP contribution in [0.3, 0.4) is 0 Å². The summed E-state index contributed by atoms with van der Waals surface area (Å²) in [7, 11) is 0. The molecule has 26 heavy (non-hydrogen) atoms. The predicted molar refractivity (Wildman–Crippen MR) is 82.0 cm³/mol. The van der Waals surface area contributed by atoms with E-state index in [1.165, 1.54) is 25.1 Å². The molecule has 1 atom stereocenters. The number of halogens is 3. The van der Waals surface area contributed by atoms with E-state index in [1.807, 2.05) is 6.07 Å². The van der Waals surface area contributed by atoms with Crippen molar-refractivity contribution in [2.45, 2.75) is 19.0 Å². The molecule has 1 unspecified atom stereocenters. The lowest BCUT2D eigenvalue weighted by Crippen LogP contribution is -2.14. The molecule has 3 aromatic rings. The van der Waals surface area contributed by atoms with Gasteiger partial charge in [0.1, 0.15) is 11.5 Å². The Hall–Kier alpha value is -3.55. The molecule has 0 aliphatic rings. The number of aromatic amines is 1. The molecule has 0 radical (unpaired) electrons. The Morgan fingerprint density at radius 1 is 1.27 bits per heavy atom. The fourth-order valence-electron chi connectivity index (χ4n) is 2.37. The maximum Gasteiger partial charge on any atom is 0.433 e. The van der Waals surface area contributed by atoms with Gasteiger partial charge in [0.25, 0.3) is 5.69 Å². The molecule has 0 fully saturated rings. The molecule has 0 aliphatic heterocycles.